The third-order valence-electron chi connectivity index (χ3n) is 2.49. The summed E-state index contributed by atoms with van der Waals surface area (Å²) in [7, 11) is 0. The molecule has 3 nitrogen and oxygen atoms in total. The first-order valence-electron chi connectivity index (χ1n) is 5.31. The Bertz CT molecular complexity index is 714. The molecule has 0 unspecified atom stereocenters. The molecule has 0 aliphatic heterocycles. The first-order chi connectivity index (χ1) is 9.15. The smallest absolute Gasteiger partial charge is 0.103 e. The second kappa shape index (κ2) is 5.75. The minimum atomic E-state index is 0.376. The summed E-state index contributed by atoms with van der Waals surface area (Å²) in [6.45, 7) is 0. The second-order valence-electron chi connectivity index (χ2n) is 3.71. The topological polar surface area (TPSA) is 59.6 Å². The van der Waals surface area contributed by atoms with Gasteiger partial charge < -0.3 is 5.32 Å². The Hall–Kier alpha value is -2.01. The molecule has 0 heterocycles. The molecule has 5 heteroatoms. The highest BCUT2D eigenvalue weighted by Gasteiger charge is 2.07. The summed E-state index contributed by atoms with van der Waals surface area (Å²) < 4.78 is 0.722. The fourth-order valence-electron chi connectivity index (χ4n) is 1.58. The number of nitriles is 2. The summed E-state index contributed by atoms with van der Waals surface area (Å²) >= 11 is 9.29. The van der Waals surface area contributed by atoms with Crippen LogP contribution in [0.2, 0.25) is 5.02 Å². The maximum atomic E-state index is 9.12. The van der Waals surface area contributed by atoms with Gasteiger partial charge in [-0.05, 0) is 46.3 Å². The molecule has 0 radical (unpaired) electrons. The van der Waals surface area contributed by atoms with Crippen LogP contribution in [-0.4, -0.2) is 0 Å². The van der Waals surface area contributed by atoms with Gasteiger partial charge in [0.2, 0.25) is 0 Å². The van der Waals surface area contributed by atoms with E-state index in [2.05, 4.69) is 27.3 Å². The highest BCUT2D eigenvalue weighted by Crippen LogP contribution is 2.28. The molecular weight excluding hydrogens is 326 g/mol. The number of anilines is 2. The van der Waals surface area contributed by atoms with E-state index in [1.54, 1.807) is 30.3 Å². The summed E-state index contributed by atoms with van der Waals surface area (Å²) in [5.74, 6) is 0. The number of hydrogen-bond donors (Lipinski definition) is 1. The first kappa shape index (κ1) is 13.4. The molecule has 2 aromatic carbocycles. The molecule has 0 bridgehead atoms. The van der Waals surface area contributed by atoms with Gasteiger partial charge in [-0.15, -0.1) is 0 Å². The zero-order chi connectivity index (χ0) is 13.8. The average Bonchev–Trinajstić information content (AvgIpc) is 2.39. The van der Waals surface area contributed by atoms with Crippen LogP contribution >= 0.6 is 27.5 Å². The Morgan fingerprint density at radius 1 is 1.11 bits per heavy atom. The van der Waals surface area contributed by atoms with Gasteiger partial charge in [-0.25, -0.2) is 0 Å². The molecule has 0 fully saturated rings. The van der Waals surface area contributed by atoms with E-state index in [0.717, 1.165) is 10.2 Å². The van der Waals surface area contributed by atoms with Gasteiger partial charge in [-0.3, -0.25) is 0 Å². The van der Waals surface area contributed by atoms with E-state index in [1.165, 1.54) is 0 Å². The lowest BCUT2D eigenvalue weighted by Crippen LogP contribution is -1.94. The van der Waals surface area contributed by atoms with Crippen LogP contribution in [0.25, 0.3) is 0 Å². The molecular formula is C14H7BrClN3. The molecule has 0 saturated carbocycles. The zero-order valence-electron chi connectivity index (χ0n) is 9.61. The van der Waals surface area contributed by atoms with Crippen molar-refractivity contribution in [1.29, 1.82) is 10.5 Å². The maximum absolute atomic E-state index is 9.12. The minimum Gasteiger partial charge on any atom is -0.354 e. The Balaban J connectivity index is 2.38. The molecule has 0 spiro atoms. The summed E-state index contributed by atoms with van der Waals surface area (Å²) in [6.07, 6.45) is 0. The van der Waals surface area contributed by atoms with Crippen LogP contribution in [0.5, 0.6) is 0 Å². The molecule has 0 aromatic heterocycles. The Labute approximate surface area is 124 Å². The molecule has 92 valence electrons. The highest BCUT2D eigenvalue weighted by molar-refractivity contribution is 9.10. The maximum Gasteiger partial charge on any atom is 0.103 e. The second-order valence-corrected chi connectivity index (χ2v) is 4.97. The Morgan fingerprint density at radius 2 is 1.89 bits per heavy atom. The van der Waals surface area contributed by atoms with Crippen molar-refractivity contribution >= 4 is 38.9 Å². The summed E-state index contributed by atoms with van der Waals surface area (Å²) in [5, 5.41) is 21.4. The van der Waals surface area contributed by atoms with Crippen molar-refractivity contribution in [2.75, 3.05) is 5.32 Å². The fraction of sp³-hybridized carbons (Fsp3) is 0. The van der Waals surface area contributed by atoms with Gasteiger partial charge in [-0.1, -0.05) is 17.7 Å². The summed E-state index contributed by atoms with van der Waals surface area (Å²) in [4.78, 5) is 0. The van der Waals surface area contributed by atoms with Crippen molar-refractivity contribution in [2.45, 2.75) is 0 Å². The number of hydrogen-bond acceptors (Lipinski definition) is 3. The van der Waals surface area contributed by atoms with Crippen LogP contribution in [0.4, 0.5) is 11.4 Å². The quantitative estimate of drug-likeness (QED) is 0.875. The summed E-state index contributed by atoms with van der Waals surface area (Å²) in [6, 6.07) is 14.6. The van der Waals surface area contributed by atoms with Gasteiger partial charge >= 0.3 is 0 Å². The number of rotatable bonds is 2. The molecule has 2 rings (SSSR count). The van der Waals surface area contributed by atoms with Gasteiger partial charge in [0.05, 0.1) is 21.8 Å². The molecule has 0 atom stereocenters. The van der Waals surface area contributed by atoms with E-state index < -0.39 is 0 Å². The van der Waals surface area contributed by atoms with Crippen molar-refractivity contribution in [3.8, 4) is 12.1 Å². The van der Waals surface area contributed by atoms with Gasteiger partial charge in [0.25, 0.3) is 0 Å². The monoisotopic (exact) mass is 331 g/mol. The molecule has 0 saturated heterocycles. The number of nitrogens with one attached hydrogen (secondary N) is 1. The molecule has 0 aliphatic rings. The van der Waals surface area contributed by atoms with Crippen molar-refractivity contribution in [3.05, 3.63) is 57.0 Å². The van der Waals surface area contributed by atoms with Crippen molar-refractivity contribution in [3.63, 3.8) is 0 Å². The highest BCUT2D eigenvalue weighted by atomic mass is 79.9. The van der Waals surface area contributed by atoms with Gasteiger partial charge in [0, 0.05) is 10.2 Å². The van der Waals surface area contributed by atoms with E-state index in [4.69, 9.17) is 22.1 Å². The minimum absolute atomic E-state index is 0.376. The van der Waals surface area contributed by atoms with E-state index in [9.17, 15) is 0 Å². The summed E-state index contributed by atoms with van der Waals surface area (Å²) in [5.41, 5.74) is 2.33. The predicted octanol–water partition coefficient (Wildman–Crippen LogP) is 4.59. The first-order valence-corrected chi connectivity index (χ1v) is 6.48. The van der Waals surface area contributed by atoms with Crippen LogP contribution in [0.1, 0.15) is 11.1 Å². The van der Waals surface area contributed by atoms with Crippen molar-refractivity contribution in [1.82, 2.24) is 0 Å². The van der Waals surface area contributed by atoms with Crippen LogP contribution in [0.3, 0.4) is 0 Å². The Morgan fingerprint density at radius 3 is 2.53 bits per heavy atom. The van der Waals surface area contributed by atoms with Crippen LogP contribution in [0.15, 0.2) is 40.9 Å². The Kier molecular flexibility index (Phi) is 4.06. The van der Waals surface area contributed by atoms with Crippen LogP contribution < -0.4 is 5.32 Å². The lowest BCUT2D eigenvalue weighted by atomic mass is 10.1. The SMILES string of the molecule is N#Cc1ccc(Nc2cccc(Br)c2C#N)cc1Cl. The average molecular weight is 333 g/mol. The molecule has 2 aromatic rings. The molecule has 0 aliphatic carbocycles. The normalized spacial score (nSPS) is 9.47. The van der Waals surface area contributed by atoms with Gasteiger partial charge in [-0.2, -0.15) is 10.5 Å². The zero-order valence-corrected chi connectivity index (χ0v) is 12.0. The third-order valence-corrected chi connectivity index (χ3v) is 3.47. The molecule has 0 amide bonds. The van der Waals surface area contributed by atoms with E-state index in [-0.39, 0.29) is 0 Å². The van der Waals surface area contributed by atoms with Crippen LogP contribution in [-0.2, 0) is 0 Å². The fourth-order valence-corrected chi connectivity index (χ4v) is 2.26. The van der Waals surface area contributed by atoms with Crippen molar-refractivity contribution < 1.29 is 0 Å². The molecule has 19 heavy (non-hydrogen) atoms. The third kappa shape index (κ3) is 2.88. The van der Waals surface area contributed by atoms with Gasteiger partial charge in [0.1, 0.15) is 12.1 Å². The lowest BCUT2D eigenvalue weighted by Gasteiger charge is -2.09. The van der Waals surface area contributed by atoms with Crippen molar-refractivity contribution in [2.24, 2.45) is 0 Å². The van der Waals surface area contributed by atoms with E-state index in [1.807, 2.05) is 12.1 Å². The molecule has 1 N–H and O–H groups in total. The number of benzene rings is 2. The standard InChI is InChI=1S/C14H7BrClN3/c15-12-2-1-3-14(11(12)8-18)19-10-5-4-9(7-17)13(16)6-10/h1-6,19H. The lowest BCUT2D eigenvalue weighted by molar-refractivity contribution is 1.44. The van der Waals surface area contributed by atoms with Crippen LogP contribution in [0, 0.1) is 22.7 Å². The number of nitrogens with zero attached hydrogens (tertiary/aromatic N) is 2. The van der Waals surface area contributed by atoms with E-state index >= 15 is 0 Å². The van der Waals surface area contributed by atoms with E-state index in [0.29, 0.717) is 21.8 Å². The number of halogens is 2. The predicted molar refractivity (Wildman–Crippen MR) is 78.3 cm³/mol. The van der Waals surface area contributed by atoms with Gasteiger partial charge in [0.15, 0.2) is 0 Å². The largest absolute Gasteiger partial charge is 0.354 e.